The molecule has 11 heavy (non-hydrogen) atoms. The van der Waals surface area contributed by atoms with Crippen molar-refractivity contribution in [3.8, 4) is 0 Å². The van der Waals surface area contributed by atoms with Gasteiger partial charge in [0.15, 0.2) is 0 Å². The van der Waals surface area contributed by atoms with Crippen molar-refractivity contribution in [3.63, 3.8) is 0 Å². The Hall–Kier alpha value is 0. The van der Waals surface area contributed by atoms with Gasteiger partial charge in [-0.1, -0.05) is 66.7 Å². The molecule has 1 fully saturated rings. The zero-order valence-electron chi connectivity index (χ0n) is 9.11. The van der Waals surface area contributed by atoms with Crippen LogP contribution >= 0.6 is 0 Å². The van der Waals surface area contributed by atoms with E-state index in [9.17, 15) is 0 Å². The molecule has 70 valence electrons. The van der Waals surface area contributed by atoms with E-state index in [1.165, 1.54) is 32.1 Å². The van der Waals surface area contributed by atoms with Crippen molar-refractivity contribution < 1.29 is 0 Å². The molecule has 1 saturated carbocycles. The zero-order valence-corrected chi connectivity index (χ0v) is 9.11. The molecule has 0 radical (unpaired) electrons. The van der Waals surface area contributed by atoms with E-state index in [1.807, 2.05) is 27.7 Å². The minimum atomic E-state index is 1.10. The molecule has 0 heteroatoms. The van der Waals surface area contributed by atoms with Crippen LogP contribution in [0.5, 0.6) is 0 Å². The third-order valence-corrected chi connectivity index (χ3v) is 2.05. The SMILES string of the molecule is CC.CC.CCC1CCCC1. The fourth-order valence-electron chi connectivity index (χ4n) is 1.42. The highest BCUT2D eigenvalue weighted by atomic mass is 14.2. The molecule has 0 atom stereocenters. The average molecular weight is 158 g/mol. The first-order valence-electron chi connectivity index (χ1n) is 5.43. The summed E-state index contributed by atoms with van der Waals surface area (Å²) in [5.41, 5.74) is 0. The standard InChI is InChI=1S/C7H14.2C2H6/c1-2-7-5-3-4-6-7;2*1-2/h7H,2-6H2,1H3;2*1-2H3. The summed E-state index contributed by atoms with van der Waals surface area (Å²) in [5.74, 6) is 1.10. The molecule has 1 aliphatic carbocycles. The van der Waals surface area contributed by atoms with Crippen LogP contribution in [0.1, 0.15) is 66.7 Å². The van der Waals surface area contributed by atoms with Crippen molar-refractivity contribution >= 4 is 0 Å². The number of hydrogen-bond acceptors (Lipinski definition) is 0. The predicted molar refractivity (Wildman–Crippen MR) is 54.9 cm³/mol. The number of rotatable bonds is 1. The lowest BCUT2D eigenvalue weighted by Crippen LogP contribution is -1.86. The van der Waals surface area contributed by atoms with Crippen LogP contribution < -0.4 is 0 Å². The second-order valence-corrected chi connectivity index (χ2v) is 2.56. The molecule has 0 nitrogen and oxygen atoms in total. The molecule has 0 unspecified atom stereocenters. The van der Waals surface area contributed by atoms with E-state index in [1.54, 1.807) is 0 Å². The summed E-state index contributed by atoms with van der Waals surface area (Å²) in [6.45, 7) is 10.3. The maximum Gasteiger partial charge on any atom is -0.0417 e. The van der Waals surface area contributed by atoms with Gasteiger partial charge in [-0.25, -0.2) is 0 Å². The fourth-order valence-corrected chi connectivity index (χ4v) is 1.42. The van der Waals surface area contributed by atoms with Gasteiger partial charge < -0.3 is 0 Å². The summed E-state index contributed by atoms with van der Waals surface area (Å²) >= 11 is 0. The van der Waals surface area contributed by atoms with E-state index < -0.39 is 0 Å². The van der Waals surface area contributed by atoms with Gasteiger partial charge in [-0.3, -0.25) is 0 Å². The predicted octanol–water partition coefficient (Wildman–Crippen LogP) is 4.64. The summed E-state index contributed by atoms with van der Waals surface area (Å²) < 4.78 is 0. The molecule has 1 aliphatic rings. The molecule has 0 bridgehead atoms. The maximum absolute atomic E-state index is 2.30. The van der Waals surface area contributed by atoms with Crippen LogP contribution in [-0.4, -0.2) is 0 Å². The van der Waals surface area contributed by atoms with E-state index in [4.69, 9.17) is 0 Å². The van der Waals surface area contributed by atoms with Crippen molar-refractivity contribution in [3.05, 3.63) is 0 Å². The maximum atomic E-state index is 2.30. The Balaban J connectivity index is 0. The first kappa shape index (κ1) is 13.6. The summed E-state index contributed by atoms with van der Waals surface area (Å²) in [4.78, 5) is 0. The molecule has 1 rings (SSSR count). The lowest BCUT2D eigenvalue weighted by Gasteiger charge is -1.99. The first-order valence-corrected chi connectivity index (χ1v) is 5.43. The highest BCUT2D eigenvalue weighted by Crippen LogP contribution is 2.26. The van der Waals surface area contributed by atoms with E-state index in [0.717, 1.165) is 5.92 Å². The van der Waals surface area contributed by atoms with Gasteiger partial charge in [0, 0.05) is 0 Å². The Labute approximate surface area is 73.4 Å². The van der Waals surface area contributed by atoms with Crippen LogP contribution in [0, 0.1) is 5.92 Å². The smallest absolute Gasteiger partial charge is 0.0417 e. The van der Waals surface area contributed by atoms with Crippen molar-refractivity contribution in [2.24, 2.45) is 5.92 Å². The van der Waals surface area contributed by atoms with Crippen LogP contribution in [0.2, 0.25) is 0 Å². The molecule has 0 saturated heterocycles. The normalized spacial score (nSPS) is 16.1. The van der Waals surface area contributed by atoms with Crippen LogP contribution in [0.25, 0.3) is 0 Å². The second-order valence-electron chi connectivity index (χ2n) is 2.56. The minimum Gasteiger partial charge on any atom is -0.0683 e. The Morgan fingerprint density at radius 3 is 1.45 bits per heavy atom. The van der Waals surface area contributed by atoms with Crippen molar-refractivity contribution in [2.45, 2.75) is 66.7 Å². The molecular weight excluding hydrogens is 132 g/mol. The van der Waals surface area contributed by atoms with Gasteiger partial charge in [-0.05, 0) is 5.92 Å². The topological polar surface area (TPSA) is 0 Å². The van der Waals surface area contributed by atoms with Crippen molar-refractivity contribution in [1.82, 2.24) is 0 Å². The van der Waals surface area contributed by atoms with Crippen molar-refractivity contribution in [2.75, 3.05) is 0 Å². The lowest BCUT2D eigenvalue weighted by molar-refractivity contribution is 0.531. The van der Waals surface area contributed by atoms with E-state index in [2.05, 4.69) is 6.92 Å². The third-order valence-electron chi connectivity index (χ3n) is 2.05. The third kappa shape index (κ3) is 7.90. The number of hydrogen-bond donors (Lipinski definition) is 0. The summed E-state index contributed by atoms with van der Waals surface area (Å²) in [5, 5.41) is 0. The molecule has 0 N–H and O–H groups in total. The van der Waals surface area contributed by atoms with Crippen LogP contribution in [0.4, 0.5) is 0 Å². The van der Waals surface area contributed by atoms with Gasteiger partial charge in [0.2, 0.25) is 0 Å². The zero-order chi connectivity index (χ0) is 9.11. The summed E-state index contributed by atoms with van der Waals surface area (Å²) in [6, 6.07) is 0. The van der Waals surface area contributed by atoms with E-state index >= 15 is 0 Å². The fraction of sp³-hybridized carbons (Fsp3) is 1.00. The van der Waals surface area contributed by atoms with Gasteiger partial charge in [0.05, 0.1) is 0 Å². The monoisotopic (exact) mass is 158 g/mol. The summed E-state index contributed by atoms with van der Waals surface area (Å²) in [7, 11) is 0. The first-order chi connectivity index (χ1) is 5.43. The van der Waals surface area contributed by atoms with Gasteiger partial charge in [0.1, 0.15) is 0 Å². The Morgan fingerprint density at radius 2 is 1.27 bits per heavy atom. The minimum absolute atomic E-state index is 1.10. The molecule has 0 aliphatic heterocycles. The highest BCUT2D eigenvalue weighted by molar-refractivity contribution is 4.64. The van der Waals surface area contributed by atoms with Gasteiger partial charge in [-0.15, -0.1) is 0 Å². The van der Waals surface area contributed by atoms with Crippen molar-refractivity contribution in [1.29, 1.82) is 0 Å². The molecular formula is C11H26. The molecule has 0 spiro atoms. The largest absolute Gasteiger partial charge is 0.0683 e. The molecule has 0 amide bonds. The highest BCUT2D eigenvalue weighted by Gasteiger charge is 2.11. The lowest BCUT2D eigenvalue weighted by atomic mass is 10.1. The Kier molecular flexibility index (Phi) is 15.6. The van der Waals surface area contributed by atoms with Crippen LogP contribution in [0.3, 0.4) is 0 Å². The quantitative estimate of drug-likeness (QED) is 0.521. The molecule has 0 aromatic heterocycles. The molecule has 0 aromatic carbocycles. The van der Waals surface area contributed by atoms with Gasteiger partial charge in [0.25, 0.3) is 0 Å². The molecule has 0 heterocycles. The van der Waals surface area contributed by atoms with E-state index in [0.29, 0.717) is 0 Å². The average Bonchev–Trinajstić information content (AvgIpc) is 2.63. The Bertz CT molecular complexity index is 42.0. The summed E-state index contributed by atoms with van der Waals surface area (Å²) in [6.07, 6.45) is 7.43. The molecule has 0 aromatic rings. The van der Waals surface area contributed by atoms with Crippen LogP contribution in [-0.2, 0) is 0 Å². The second kappa shape index (κ2) is 12.7. The van der Waals surface area contributed by atoms with Crippen LogP contribution in [0.15, 0.2) is 0 Å². The van der Waals surface area contributed by atoms with Gasteiger partial charge >= 0.3 is 0 Å². The van der Waals surface area contributed by atoms with Gasteiger partial charge in [-0.2, -0.15) is 0 Å². The van der Waals surface area contributed by atoms with E-state index in [-0.39, 0.29) is 0 Å². The Morgan fingerprint density at radius 1 is 0.909 bits per heavy atom.